The van der Waals surface area contributed by atoms with Crippen molar-refractivity contribution in [1.29, 1.82) is 0 Å². The molecule has 0 saturated carbocycles. The number of nitrogens with zero attached hydrogens (tertiary/aromatic N) is 6. The topological polar surface area (TPSA) is 61.4 Å². The van der Waals surface area contributed by atoms with Gasteiger partial charge in [0.15, 0.2) is 17.5 Å². The highest BCUT2D eigenvalue weighted by Crippen LogP contribution is 2.47. The number of rotatable bonds is 5. The Morgan fingerprint density at radius 2 is 1.02 bits per heavy atom. The predicted octanol–water partition coefficient (Wildman–Crippen LogP) is 12.8. The molecule has 266 valence electrons. The fourth-order valence-electron chi connectivity index (χ4n) is 8.56. The number of fused-ring (bicyclic) bond motifs is 11. The lowest BCUT2D eigenvalue weighted by Gasteiger charge is -2.11. The molecule has 12 aromatic rings. The summed E-state index contributed by atoms with van der Waals surface area (Å²) >= 11 is 1.87. The zero-order valence-electron chi connectivity index (χ0n) is 30.4. The van der Waals surface area contributed by atoms with Crippen molar-refractivity contribution in [3.63, 3.8) is 0 Å². The van der Waals surface area contributed by atoms with Gasteiger partial charge in [-0.15, -0.1) is 11.3 Å². The van der Waals surface area contributed by atoms with Crippen molar-refractivity contribution in [2.75, 3.05) is 0 Å². The van der Waals surface area contributed by atoms with E-state index in [0.717, 1.165) is 50.0 Å². The summed E-state index contributed by atoms with van der Waals surface area (Å²) < 4.78 is 7.34. The van der Waals surface area contributed by atoms with Gasteiger partial charge in [-0.1, -0.05) is 121 Å². The van der Waals surface area contributed by atoms with E-state index in [0.29, 0.717) is 17.5 Å². The maximum Gasteiger partial charge on any atom is 0.164 e. The average molecular weight is 747 g/mol. The molecule has 0 aliphatic carbocycles. The minimum atomic E-state index is 0.630. The summed E-state index contributed by atoms with van der Waals surface area (Å²) in [6.45, 7) is 0. The van der Waals surface area contributed by atoms with Crippen LogP contribution in [0.4, 0.5) is 0 Å². The first kappa shape index (κ1) is 31.8. The molecule has 57 heavy (non-hydrogen) atoms. The van der Waals surface area contributed by atoms with Crippen molar-refractivity contribution >= 4 is 75.1 Å². The van der Waals surface area contributed by atoms with E-state index in [4.69, 9.17) is 15.0 Å². The SMILES string of the molecule is c1ccc(-c2nc(-c3ccccc3)nc(-c3cccc(-n4c5ccccc5c5c6sc7ccc8c9cnccc9n(-c9ccccc9)c8c7c6ccc54)c3)n2)cc1. The van der Waals surface area contributed by atoms with Gasteiger partial charge < -0.3 is 9.13 Å². The molecule has 12 rings (SSSR count). The number of hydrogen-bond acceptors (Lipinski definition) is 5. The minimum Gasteiger partial charge on any atom is -0.309 e. The van der Waals surface area contributed by atoms with Gasteiger partial charge in [-0.2, -0.15) is 0 Å². The van der Waals surface area contributed by atoms with Crippen LogP contribution in [0.1, 0.15) is 0 Å². The molecule has 0 bridgehead atoms. The van der Waals surface area contributed by atoms with Crippen LogP contribution in [0.3, 0.4) is 0 Å². The Kier molecular flexibility index (Phi) is 7.00. The van der Waals surface area contributed by atoms with Gasteiger partial charge in [0.05, 0.1) is 22.1 Å². The van der Waals surface area contributed by atoms with Crippen LogP contribution in [-0.2, 0) is 0 Å². The molecule has 0 radical (unpaired) electrons. The molecule has 0 saturated heterocycles. The van der Waals surface area contributed by atoms with Crippen LogP contribution in [0.25, 0.3) is 109 Å². The second-order valence-electron chi connectivity index (χ2n) is 14.3. The van der Waals surface area contributed by atoms with Gasteiger partial charge >= 0.3 is 0 Å². The molecule has 5 aromatic heterocycles. The van der Waals surface area contributed by atoms with Gasteiger partial charge in [0, 0.05) is 82.2 Å². The number of benzene rings is 7. The summed E-state index contributed by atoms with van der Waals surface area (Å²) in [5.74, 6) is 1.92. The van der Waals surface area contributed by atoms with Crippen LogP contribution in [0, 0.1) is 0 Å². The fourth-order valence-corrected chi connectivity index (χ4v) is 9.83. The lowest BCUT2D eigenvalue weighted by Crippen LogP contribution is -2.01. The molecule has 0 aliphatic heterocycles. The van der Waals surface area contributed by atoms with Crippen molar-refractivity contribution in [3.8, 4) is 45.5 Å². The largest absolute Gasteiger partial charge is 0.309 e. The van der Waals surface area contributed by atoms with E-state index < -0.39 is 0 Å². The number of pyridine rings is 1. The monoisotopic (exact) mass is 746 g/mol. The summed E-state index contributed by atoms with van der Waals surface area (Å²) in [4.78, 5) is 19.6. The number of aromatic nitrogens is 6. The van der Waals surface area contributed by atoms with Gasteiger partial charge in [0.1, 0.15) is 0 Å². The predicted molar refractivity (Wildman–Crippen MR) is 235 cm³/mol. The fraction of sp³-hybridized carbons (Fsp3) is 0. The van der Waals surface area contributed by atoms with E-state index in [-0.39, 0.29) is 0 Å². The van der Waals surface area contributed by atoms with Crippen LogP contribution >= 0.6 is 11.3 Å². The molecule has 0 N–H and O–H groups in total. The molecule has 6 nitrogen and oxygen atoms in total. The third-order valence-corrected chi connectivity index (χ3v) is 12.2. The van der Waals surface area contributed by atoms with E-state index in [1.54, 1.807) is 0 Å². The van der Waals surface area contributed by atoms with Crippen molar-refractivity contribution in [3.05, 3.63) is 182 Å². The zero-order chi connectivity index (χ0) is 37.5. The lowest BCUT2D eigenvalue weighted by atomic mass is 10.1. The summed E-state index contributed by atoms with van der Waals surface area (Å²) in [5, 5.41) is 7.36. The number of hydrogen-bond donors (Lipinski definition) is 0. The van der Waals surface area contributed by atoms with Crippen LogP contribution < -0.4 is 0 Å². The molecule has 0 unspecified atom stereocenters. The van der Waals surface area contributed by atoms with E-state index in [1.165, 1.54) is 41.8 Å². The normalized spacial score (nSPS) is 11.9. The van der Waals surface area contributed by atoms with Crippen LogP contribution in [0.2, 0.25) is 0 Å². The van der Waals surface area contributed by atoms with Gasteiger partial charge in [0.25, 0.3) is 0 Å². The molecule has 0 fully saturated rings. The highest BCUT2D eigenvalue weighted by molar-refractivity contribution is 7.27. The third kappa shape index (κ3) is 4.89. The summed E-state index contributed by atoms with van der Waals surface area (Å²) in [6.07, 6.45) is 3.89. The Morgan fingerprint density at radius 3 is 1.77 bits per heavy atom. The average Bonchev–Trinajstić information content (AvgIpc) is 3.95. The molecule has 0 spiro atoms. The van der Waals surface area contributed by atoms with Gasteiger partial charge in [-0.05, 0) is 48.5 Å². The van der Waals surface area contributed by atoms with E-state index in [9.17, 15) is 0 Å². The maximum atomic E-state index is 5.05. The molecule has 0 amide bonds. The summed E-state index contributed by atoms with van der Waals surface area (Å²) in [6, 6.07) is 59.6. The molecule has 0 aliphatic rings. The van der Waals surface area contributed by atoms with Gasteiger partial charge in [-0.3, -0.25) is 4.98 Å². The minimum absolute atomic E-state index is 0.630. The second kappa shape index (κ2) is 12.5. The number of para-hydroxylation sites is 2. The Morgan fingerprint density at radius 1 is 0.404 bits per heavy atom. The second-order valence-corrected chi connectivity index (χ2v) is 15.3. The van der Waals surface area contributed by atoms with E-state index in [1.807, 2.05) is 84.4 Å². The van der Waals surface area contributed by atoms with Crippen molar-refractivity contribution in [2.45, 2.75) is 0 Å². The van der Waals surface area contributed by atoms with Crippen molar-refractivity contribution in [2.24, 2.45) is 0 Å². The van der Waals surface area contributed by atoms with Crippen molar-refractivity contribution in [1.82, 2.24) is 29.1 Å². The smallest absolute Gasteiger partial charge is 0.164 e. The van der Waals surface area contributed by atoms with Crippen LogP contribution in [0.5, 0.6) is 0 Å². The summed E-state index contributed by atoms with van der Waals surface area (Å²) in [7, 11) is 0. The third-order valence-electron chi connectivity index (χ3n) is 11.0. The highest BCUT2D eigenvalue weighted by atomic mass is 32.1. The highest BCUT2D eigenvalue weighted by Gasteiger charge is 2.22. The first-order valence-corrected chi connectivity index (χ1v) is 19.8. The molecular weight excluding hydrogens is 717 g/mol. The molecule has 0 atom stereocenters. The van der Waals surface area contributed by atoms with E-state index in [2.05, 4.69) is 123 Å². The Hall–Kier alpha value is -7.48. The standard InChI is InChI=1S/C50H30N6S/c1-4-13-31(14-5-1)48-52-49(32-15-6-2-7-16-32)54-50(53-48)33-17-12-20-35(29-33)55-40-22-11-10-21-37(40)44-42(55)25-23-38-45-43(57-47(38)44)26-24-36-39-30-51-28-27-41(39)56(46(36)45)34-18-8-3-9-19-34/h1-30H. The van der Waals surface area contributed by atoms with E-state index >= 15 is 0 Å². The Labute approximate surface area is 330 Å². The maximum absolute atomic E-state index is 5.05. The molecule has 5 heterocycles. The van der Waals surface area contributed by atoms with Crippen LogP contribution in [-0.4, -0.2) is 29.1 Å². The quantitative estimate of drug-likeness (QED) is 0.176. The Balaban J connectivity index is 1.10. The Bertz CT molecular complexity index is 3460. The molecule has 7 aromatic carbocycles. The summed E-state index contributed by atoms with van der Waals surface area (Å²) in [5.41, 5.74) is 9.66. The first-order chi connectivity index (χ1) is 28.3. The lowest BCUT2D eigenvalue weighted by molar-refractivity contribution is 1.07. The van der Waals surface area contributed by atoms with Crippen molar-refractivity contribution < 1.29 is 0 Å². The van der Waals surface area contributed by atoms with Crippen LogP contribution in [0.15, 0.2) is 182 Å². The molecular formula is C50H30N6S. The molecule has 7 heteroatoms. The number of thiophene rings is 1. The van der Waals surface area contributed by atoms with Gasteiger partial charge in [0.2, 0.25) is 0 Å². The zero-order valence-corrected chi connectivity index (χ0v) is 31.2. The first-order valence-electron chi connectivity index (χ1n) is 19.0. The van der Waals surface area contributed by atoms with Gasteiger partial charge in [-0.25, -0.2) is 15.0 Å².